The van der Waals surface area contributed by atoms with Gasteiger partial charge >= 0.3 is 0 Å². The van der Waals surface area contributed by atoms with Crippen molar-refractivity contribution in [1.29, 1.82) is 0 Å². The minimum Gasteiger partial charge on any atom is -0.497 e. The number of hydrogen-bond acceptors (Lipinski definition) is 6. The Morgan fingerprint density at radius 3 is 2.32 bits per heavy atom. The third-order valence-electron chi connectivity index (χ3n) is 6.12. The number of amides is 1. The van der Waals surface area contributed by atoms with Crippen molar-refractivity contribution in [2.75, 3.05) is 50.6 Å². The molecule has 2 aromatic carbocycles. The summed E-state index contributed by atoms with van der Waals surface area (Å²) in [6, 6.07) is 10.3. The molecular formula is C25H35N3O5S. The molecule has 0 atom stereocenters. The number of ether oxygens (including phenoxy) is 2. The molecule has 0 aliphatic carbocycles. The zero-order valence-electron chi connectivity index (χ0n) is 20.5. The number of carbonyl (C=O) groups is 1. The molecule has 0 spiro atoms. The molecule has 0 unspecified atom stereocenters. The Bertz CT molecular complexity index is 1090. The standard InChI is InChI=1S/C25H35N3O5S/c1-5-28(6-2)34(30,31)21-11-12-23(27-14-8-7-9-15-27)22(18-21)26-25(29)17-19-16-20(32-3)10-13-24(19)33-4/h10-13,16,18H,5-9,14-15,17H2,1-4H3,(H,26,29). The van der Waals surface area contributed by atoms with Crippen molar-refractivity contribution < 1.29 is 22.7 Å². The summed E-state index contributed by atoms with van der Waals surface area (Å²) in [5.74, 6) is 0.956. The van der Waals surface area contributed by atoms with Gasteiger partial charge in [-0.3, -0.25) is 4.79 Å². The van der Waals surface area contributed by atoms with Gasteiger partial charge in [-0.1, -0.05) is 13.8 Å². The van der Waals surface area contributed by atoms with Crippen LogP contribution in [0.2, 0.25) is 0 Å². The largest absolute Gasteiger partial charge is 0.497 e. The summed E-state index contributed by atoms with van der Waals surface area (Å²) in [4.78, 5) is 15.5. The molecule has 1 aliphatic rings. The van der Waals surface area contributed by atoms with Gasteiger partial charge in [0.15, 0.2) is 0 Å². The highest BCUT2D eigenvalue weighted by Gasteiger charge is 2.25. The van der Waals surface area contributed by atoms with Crippen LogP contribution in [0, 0.1) is 0 Å². The first-order chi connectivity index (χ1) is 16.3. The van der Waals surface area contributed by atoms with Gasteiger partial charge in [0.1, 0.15) is 11.5 Å². The molecule has 186 valence electrons. The van der Waals surface area contributed by atoms with Crippen LogP contribution in [0.4, 0.5) is 11.4 Å². The van der Waals surface area contributed by atoms with Gasteiger partial charge in [-0.15, -0.1) is 0 Å². The number of benzene rings is 2. The summed E-state index contributed by atoms with van der Waals surface area (Å²) in [5, 5.41) is 2.97. The molecule has 0 bridgehead atoms. The van der Waals surface area contributed by atoms with Crippen molar-refractivity contribution in [3.05, 3.63) is 42.0 Å². The minimum atomic E-state index is -3.66. The Kier molecular flexibility index (Phi) is 8.79. The predicted molar refractivity (Wildman–Crippen MR) is 134 cm³/mol. The summed E-state index contributed by atoms with van der Waals surface area (Å²) < 4.78 is 38.4. The van der Waals surface area contributed by atoms with Crippen molar-refractivity contribution in [2.45, 2.75) is 44.4 Å². The maximum absolute atomic E-state index is 13.1. The van der Waals surface area contributed by atoms with Crippen LogP contribution in [-0.4, -0.2) is 59.0 Å². The molecule has 9 heteroatoms. The Morgan fingerprint density at radius 1 is 1.00 bits per heavy atom. The zero-order valence-corrected chi connectivity index (χ0v) is 21.3. The topological polar surface area (TPSA) is 88.2 Å². The fraction of sp³-hybridized carbons (Fsp3) is 0.480. The fourth-order valence-electron chi connectivity index (χ4n) is 4.29. The average Bonchev–Trinajstić information content (AvgIpc) is 2.85. The highest BCUT2D eigenvalue weighted by Crippen LogP contribution is 2.33. The second kappa shape index (κ2) is 11.6. The molecule has 8 nitrogen and oxygen atoms in total. The number of nitrogens with zero attached hydrogens (tertiary/aromatic N) is 2. The van der Waals surface area contributed by atoms with E-state index >= 15 is 0 Å². The van der Waals surface area contributed by atoms with Crippen LogP contribution in [0.25, 0.3) is 0 Å². The highest BCUT2D eigenvalue weighted by molar-refractivity contribution is 7.89. The van der Waals surface area contributed by atoms with Crippen molar-refractivity contribution in [1.82, 2.24) is 4.31 Å². The molecule has 1 heterocycles. The monoisotopic (exact) mass is 489 g/mol. The van der Waals surface area contributed by atoms with Crippen LogP contribution in [-0.2, 0) is 21.2 Å². The Labute approximate surface area is 202 Å². The van der Waals surface area contributed by atoms with Gasteiger partial charge in [0, 0.05) is 31.7 Å². The second-order valence-corrected chi connectivity index (χ2v) is 10.2. The maximum Gasteiger partial charge on any atom is 0.243 e. The lowest BCUT2D eigenvalue weighted by Gasteiger charge is -2.31. The zero-order chi connectivity index (χ0) is 24.7. The van der Waals surface area contributed by atoms with Crippen LogP contribution >= 0.6 is 0 Å². The number of carbonyl (C=O) groups excluding carboxylic acids is 1. The number of rotatable bonds is 10. The Morgan fingerprint density at radius 2 is 1.71 bits per heavy atom. The smallest absolute Gasteiger partial charge is 0.243 e. The molecule has 1 saturated heterocycles. The quantitative estimate of drug-likeness (QED) is 0.545. The first-order valence-corrected chi connectivity index (χ1v) is 13.2. The fourth-order valence-corrected chi connectivity index (χ4v) is 5.77. The maximum atomic E-state index is 13.1. The van der Waals surface area contributed by atoms with E-state index in [1.54, 1.807) is 44.6 Å². The van der Waals surface area contributed by atoms with E-state index in [0.29, 0.717) is 35.8 Å². The van der Waals surface area contributed by atoms with Crippen molar-refractivity contribution in [3.8, 4) is 11.5 Å². The van der Waals surface area contributed by atoms with E-state index in [1.165, 1.54) is 10.7 Å². The van der Waals surface area contributed by atoms with Gasteiger partial charge < -0.3 is 19.7 Å². The number of methoxy groups -OCH3 is 2. The number of hydrogen-bond donors (Lipinski definition) is 1. The molecule has 1 aliphatic heterocycles. The SMILES string of the molecule is CCN(CC)S(=O)(=O)c1ccc(N2CCCCC2)c(NC(=O)Cc2cc(OC)ccc2OC)c1. The van der Waals surface area contributed by atoms with Gasteiger partial charge in [0.25, 0.3) is 0 Å². The van der Waals surface area contributed by atoms with E-state index in [2.05, 4.69) is 10.2 Å². The number of nitrogens with one attached hydrogen (secondary N) is 1. The van der Waals surface area contributed by atoms with E-state index in [0.717, 1.165) is 31.6 Å². The number of piperidine rings is 1. The summed E-state index contributed by atoms with van der Waals surface area (Å²) >= 11 is 0. The molecule has 1 N–H and O–H groups in total. The molecular weight excluding hydrogens is 454 g/mol. The van der Waals surface area contributed by atoms with E-state index in [4.69, 9.17) is 9.47 Å². The van der Waals surface area contributed by atoms with Crippen LogP contribution in [0.15, 0.2) is 41.3 Å². The Balaban J connectivity index is 1.95. The normalized spacial score (nSPS) is 14.2. The first kappa shape index (κ1) is 25.8. The molecule has 1 amide bonds. The van der Waals surface area contributed by atoms with Crippen LogP contribution in [0.5, 0.6) is 11.5 Å². The average molecular weight is 490 g/mol. The second-order valence-electron chi connectivity index (χ2n) is 8.22. The molecule has 1 fully saturated rings. The summed E-state index contributed by atoms with van der Waals surface area (Å²) in [6.45, 7) is 6.12. The Hall–Kier alpha value is -2.78. The molecule has 34 heavy (non-hydrogen) atoms. The van der Waals surface area contributed by atoms with Crippen LogP contribution < -0.4 is 19.7 Å². The van der Waals surface area contributed by atoms with E-state index in [1.807, 2.05) is 19.9 Å². The lowest BCUT2D eigenvalue weighted by Crippen LogP contribution is -2.32. The molecule has 3 rings (SSSR count). The summed E-state index contributed by atoms with van der Waals surface area (Å²) in [5.41, 5.74) is 2.02. The third-order valence-corrected chi connectivity index (χ3v) is 8.17. The lowest BCUT2D eigenvalue weighted by molar-refractivity contribution is -0.115. The van der Waals surface area contributed by atoms with Gasteiger partial charge in [-0.05, 0) is 55.7 Å². The van der Waals surface area contributed by atoms with E-state index < -0.39 is 10.0 Å². The highest BCUT2D eigenvalue weighted by atomic mass is 32.2. The first-order valence-electron chi connectivity index (χ1n) is 11.7. The van der Waals surface area contributed by atoms with E-state index in [9.17, 15) is 13.2 Å². The molecule has 0 radical (unpaired) electrons. The van der Waals surface area contributed by atoms with Gasteiger partial charge in [0.05, 0.1) is 36.9 Å². The van der Waals surface area contributed by atoms with E-state index in [-0.39, 0.29) is 17.2 Å². The number of anilines is 2. The van der Waals surface area contributed by atoms with Crippen molar-refractivity contribution >= 4 is 27.3 Å². The van der Waals surface area contributed by atoms with Gasteiger partial charge in [-0.2, -0.15) is 4.31 Å². The number of sulfonamides is 1. The third kappa shape index (κ3) is 5.82. The van der Waals surface area contributed by atoms with Gasteiger partial charge in [-0.25, -0.2) is 8.42 Å². The predicted octanol–water partition coefficient (Wildman–Crippen LogP) is 3.91. The lowest BCUT2D eigenvalue weighted by atomic mass is 10.1. The van der Waals surface area contributed by atoms with Crippen LogP contribution in [0.3, 0.4) is 0 Å². The molecule has 0 aromatic heterocycles. The van der Waals surface area contributed by atoms with Crippen LogP contribution in [0.1, 0.15) is 38.7 Å². The molecule has 2 aromatic rings. The minimum absolute atomic E-state index is 0.0623. The summed E-state index contributed by atoms with van der Waals surface area (Å²) in [7, 11) is -0.536. The van der Waals surface area contributed by atoms with Gasteiger partial charge in [0.2, 0.25) is 15.9 Å². The van der Waals surface area contributed by atoms with Crippen molar-refractivity contribution in [3.63, 3.8) is 0 Å². The van der Waals surface area contributed by atoms with Crippen molar-refractivity contribution in [2.24, 2.45) is 0 Å². The summed E-state index contributed by atoms with van der Waals surface area (Å²) in [6.07, 6.45) is 3.36. The molecule has 0 saturated carbocycles.